The Morgan fingerprint density at radius 2 is 0.561 bits per heavy atom. The van der Waals surface area contributed by atoms with E-state index in [0.717, 1.165) is 96.3 Å². The highest BCUT2D eigenvalue weighted by Crippen LogP contribution is 2.14. The van der Waals surface area contributed by atoms with E-state index in [1.54, 1.807) is 0 Å². The van der Waals surface area contributed by atoms with Crippen molar-refractivity contribution in [2.75, 3.05) is 13.2 Å². The molecule has 0 heterocycles. The molecular weight excluding hydrogens is 817 g/mol. The van der Waals surface area contributed by atoms with E-state index in [9.17, 15) is 14.4 Å². The minimum absolute atomic E-state index is 0.0985. The molecule has 0 aromatic rings. The van der Waals surface area contributed by atoms with Crippen LogP contribution in [0.1, 0.15) is 245 Å². The number of esters is 3. The van der Waals surface area contributed by atoms with E-state index in [1.807, 2.05) is 0 Å². The first-order valence-corrected chi connectivity index (χ1v) is 27.3. The third-order valence-corrected chi connectivity index (χ3v) is 11.4. The minimum atomic E-state index is -0.803. The molecule has 0 fully saturated rings. The first-order valence-electron chi connectivity index (χ1n) is 27.3. The second-order valence-electron chi connectivity index (χ2n) is 17.9. The molecule has 0 saturated heterocycles. The van der Waals surface area contributed by atoms with Crippen LogP contribution in [-0.4, -0.2) is 37.2 Å². The molecule has 0 spiro atoms. The van der Waals surface area contributed by atoms with Gasteiger partial charge in [0.2, 0.25) is 0 Å². The lowest BCUT2D eigenvalue weighted by molar-refractivity contribution is -0.167. The molecule has 1 atom stereocenters. The van der Waals surface area contributed by atoms with Gasteiger partial charge < -0.3 is 14.2 Å². The van der Waals surface area contributed by atoms with E-state index in [-0.39, 0.29) is 31.1 Å². The van der Waals surface area contributed by atoms with E-state index in [2.05, 4.69) is 118 Å². The highest BCUT2D eigenvalue weighted by atomic mass is 16.6. The predicted molar refractivity (Wildman–Crippen MR) is 284 cm³/mol. The molecule has 0 bridgehead atoms. The third-order valence-electron chi connectivity index (χ3n) is 11.4. The van der Waals surface area contributed by atoms with Crippen LogP contribution in [0.15, 0.2) is 97.2 Å². The molecule has 0 aromatic carbocycles. The predicted octanol–water partition coefficient (Wildman–Crippen LogP) is 18.1. The van der Waals surface area contributed by atoms with Gasteiger partial charge in [0.15, 0.2) is 6.10 Å². The molecule has 0 aromatic heterocycles. The average molecular weight is 917 g/mol. The Morgan fingerprint density at radius 3 is 0.924 bits per heavy atom. The summed E-state index contributed by atoms with van der Waals surface area (Å²) in [7, 11) is 0. The number of carbonyl (C=O) groups excluding carboxylic acids is 3. The number of allylic oxidation sites excluding steroid dienone is 16. The molecule has 66 heavy (non-hydrogen) atoms. The monoisotopic (exact) mass is 917 g/mol. The van der Waals surface area contributed by atoms with Crippen LogP contribution in [0.4, 0.5) is 0 Å². The van der Waals surface area contributed by atoms with Crippen LogP contribution in [0.3, 0.4) is 0 Å². The summed E-state index contributed by atoms with van der Waals surface area (Å²) in [6.45, 7) is 6.47. The Kier molecular flexibility index (Phi) is 50.9. The second kappa shape index (κ2) is 53.9. The summed E-state index contributed by atoms with van der Waals surface area (Å²) < 4.78 is 16.8. The van der Waals surface area contributed by atoms with Gasteiger partial charge in [-0.1, -0.05) is 234 Å². The van der Waals surface area contributed by atoms with Crippen molar-refractivity contribution in [1.82, 2.24) is 0 Å². The maximum atomic E-state index is 12.8. The molecule has 0 aliphatic rings. The molecule has 6 heteroatoms. The van der Waals surface area contributed by atoms with Crippen molar-refractivity contribution in [3.8, 4) is 0 Å². The van der Waals surface area contributed by atoms with Crippen LogP contribution in [-0.2, 0) is 28.6 Å². The zero-order valence-corrected chi connectivity index (χ0v) is 42.9. The number of ether oxygens (including phenoxy) is 3. The summed E-state index contributed by atoms with van der Waals surface area (Å²) in [4.78, 5) is 38.0. The van der Waals surface area contributed by atoms with Crippen LogP contribution in [0, 0.1) is 0 Å². The minimum Gasteiger partial charge on any atom is -0.462 e. The number of unbranched alkanes of at least 4 members (excludes halogenated alkanes) is 26. The Balaban J connectivity index is 4.43. The van der Waals surface area contributed by atoms with E-state index in [0.29, 0.717) is 19.3 Å². The van der Waals surface area contributed by atoms with Crippen molar-refractivity contribution in [3.63, 3.8) is 0 Å². The van der Waals surface area contributed by atoms with Crippen molar-refractivity contribution in [2.24, 2.45) is 0 Å². The highest BCUT2D eigenvalue weighted by Gasteiger charge is 2.19. The molecule has 1 unspecified atom stereocenters. The van der Waals surface area contributed by atoms with Crippen LogP contribution in [0.5, 0.6) is 0 Å². The van der Waals surface area contributed by atoms with Crippen LogP contribution in [0.25, 0.3) is 0 Å². The largest absolute Gasteiger partial charge is 0.462 e. The van der Waals surface area contributed by atoms with E-state index < -0.39 is 6.10 Å². The summed E-state index contributed by atoms with van der Waals surface area (Å²) in [5.74, 6) is -0.955. The summed E-state index contributed by atoms with van der Waals surface area (Å²) in [5.41, 5.74) is 0. The molecule has 0 aliphatic heterocycles. The molecular formula is C60H100O6. The van der Waals surface area contributed by atoms with E-state index in [1.165, 1.54) is 109 Å². The average Bonchev–Trinajstić information content (AvgIpc) is 3.31. The lowest BCUT2D eigenvalue weighted by Crippen LogP contribution is -2.30. The molecule has 0 rings (SSSR count). The SMILES string of the molecule is CCCC/C=C\C=C/CCCCCC(=O)OCC(COC(=O)CCCCCCCCCCCC/C=C\C=C/CCCCC)OC(=O)CCCCCCC\C=C/C=C\C=C/C=C\CCCCC. The lowest BCUT2D eigenvalue weighted by atomic mass is 10.1. The van der Waals surface area contributed by atoms with Crippen LogP contribution >= 0.6 is 0 Å². The summed E-state index contributed by atoms with van der Waals surface area (Å²) in [6, 6.07) is 0. The van der Waals surface area contributed by atoms with Gasteiger partial charge >= 0.3 is 17.9 Å². The molecule has 6 nitrogen and oxygen atoms in total. The van der Waals surface area contributed by atoms with E-state index in [4.69, 9.17) is 14.2 Å². The van der Waals surface area contributed by atoms with Gasteiger partial charge in [0, 0.05) is 19.3 Å². The van der Waals surface area contributed by atoms with Crippen LogP contribution in [0.2, 0.25) is 0 Å². The Hall–Kier alpha value is -3.67. The Bertz CT molecular complexity index is 1330. The maximum Gasteiger partial charge on any atom is 0.306 e. The smallest absolute Gasteiger partial charge is 0.306 e. The fraction of sp³-hybridized carbons (Fsp3) is 0.683. The third kappa shape index (κ3) is 51.3. The first kappa shape index (κ1) is 62.3. The van der Waals surface area contributed by atoms with Gasteiger partial charge in [-0.15, -0.1) is 0 Å². The molecule has 376 valence electrons. The standard InChI is InChI=1S/C60H100O6/c1-4-7-10-13-16-19-22-24-26-28-30-32-33-35-38-41-44-47-50-53-59(62)65-56-57(55-64-58(61)52-49-46-43-40-37-21-18-15-12-9-6-3)66-60(63)54-51-48-45-42-39-36-34-31-29-27-25-23-20-17-14-11-8-5-2/h15-25,27,29,31,34,37,57H,4-14,26,28,30,32-33,35-36,38-56H2,1-3H3/b18-15-,19-16-,20-17-,24-22-,25-23-,29-27-,34-31-,37-21-. The summed E-state index contributed by atoms with van der Waals surface area (Å²) in [6.07, 6.45) is 71.0. The quantitative estimate of drug-likeness (QED) is 0.0262. The number of hydrogen-bond donors (Lipinski definition) is 0. The summed E-state index contributed by atoms with van der Waals surface area (Å²) in [5, 5.41) is 0. The second-order valence-corrected chi connectivity index (χ2v) is 17.9. The molecule has 0 aliphatic carbocycles. The zero-order valence-electron chi connectivity index (χ0n) is 42.9. The molecule has 0 saturated carbocycles. The Morgan fingerprint density at radius 1 is 0.303 bits per heavy atom. The van der Waals surface area contributed by atoms with Gasteiger partial charge in [-0.25, -0.2) is 0 Å². The van der Waals surface area contributed by atoms with E-state index >= 15 is 0 Å². The van der Waals surface area contributed by atoms with Gasteiger partial charge in [-0.05, 0) is 89.9 Å². The zero-order chi connectivity index (χ0) is 47.9. The molecule has 0 N–H and O–H groups in total. The van der Waals surface area contributed by atoms with Gasteiger partial charge in [-0.2, -0.15) is 0 Å². The van der Waals surface area contributed by atoms with Crippen molar-refractivity contribution < 1.29 is 28.6 Å². The number of carbonyl (C=O) groups is 3. The summed E-state index contributed by atoms with van der Waals surface area (Å²) >= 11 is 0. The normalized spacial score (nSPS) is 12.8. The van der Waals surface area contributed by atoms with Crippen molar-refractivity contribution in [2.45, 2.75) is 252 Å². The maximum absolute atomic E-state index is 12.8. The first-order chi connectivity index (χ1) is 32.5. The van der Waals surface area contributed by atoms with Crippen molar-refractivity contribution >= 4 is 17.9 Å². The van der Waals surface area contributed by atoms with Gasteiger partial charge in [0.05, 0.1) is 0 Å². The Labute approximate surface area is 407 Å². The molecule has 0 amide bonds. The van der Waals surface area contributed by atoms with Crippen molar-refractivity contribution in [1.29, 1.82) is 0 Å². The highest BCUT2D eigenvalue weighted by molar-refractivity contribution is 5.71. The number of rotatable bonds is 48. The van der Waals surface area contributed by atoms with Gasteiger partial charge in [0.1, 0.15) is 13.2 Å². The van der Waals surface area contributed by atoms with Gasteiger partial charge in [-0.3, -0.25) is 14.4 Å². The molecule has 0 radical (unpaired) electrons. The fourth-order valence-corrected chi connectivity index (χ4v) is 7.24. The number of hydrogen-bond acceptors (Lipinski definition) is 6. The van der Waals surface area contributed by atoms with Crippen molar-refractivity contribution in [3.05, 3.63) is 97.2 Å². The fourth-order valence-electron chi connectivity index (χ4n) is 7.24. The topological polar surface area (TPSA) is 78.9 Å². The lowest BCUT2D eigenvalue weighted by Gasteiger charge is -2.18. The van der Waals surface area contributed by atoms with Gasteiger partial charge in [0.25, 0.3) is 0 Å². The van der Waals surface area contributed by atoms with Crippen LogP contribution < -0.4 is 0 Å².